The third-order valence-corrected chi connectivity index (χ3v) is 4.55. The molecular formula is C13H14O4Se. The molecule has 0 atom stereocenters. The molecule has 96 valence electrons. The molecule has 1 aromatic heterocycles. The summed E-state index contributed by atoms with van der Waals surface area (Å²) in [5.41, 5.74) is 0.886. The fraction of sp³-hybridized carbons (Fsp3) is 0.385. The van der Waals surface area contributed by atoms with Crippen LogP contribution in [0.2, 0.25) is 0 Å². The van der Waals surface area contributed by atoms with Gasteiger partial charge < -0.3 is 0 Å². The maximum absolute atomic E-state index is 11.8. The van der Waals surface area contributed by atoms with Crippen molar-refractivity contribution in [3.63, 3.8) is 0 Å². The van der Waals surface area contributed by atoms with Crippen molar-refractivity contribution in [3.8, 4) is 0 Å². The molecule has 0 amide bonds. The Labute approximate surface area is 111 Å². The van der Waals surface area contributed by atoms with Crippen LogP contribution in [0.4, 0.5) is 0 Å². The second-order valence-electron chi connectivity index (χ2n) is 5.10. The van der Waals surface area contributed by atoms with E-state index >= 15 is 0 Å². The predicted molar refractivity (Wildman–Crippen MR) is 69.5 cm³/mol. The maximum atomic E-state index is 11.8. The van der Waals surface area contributed by atoms with Crippen molar-refractivity contribution in [2.75, 3.05) is 7.11 Å². The van der Waals surface area contributed by atoms with Crippen LogP contribution >= 0.6 is 0 Å². The van der Waals surface area contributed by atoms with Gasteiger partial charge in [-0.1, -0.05) is 0 Å². The third kappa shape index (κ3) is 2.16. The Morgan fingerprint density at radius 3 is 2.56 bits per heavy atom. The van der Waals surface area contributed by atoms with Gasteiger partial charge in [-0.25, -0.2) is 0 Å². The number of carbonyl (C=O) groups excluding carboxylic acids is 1. The van der Waals surface area contributed by atoms with Gasteiger partial charge in [-0.15, -0.1) is 0 Å². The molecular weight excluding hydrogens is 299 g/mol. The van der Waals surface area contributed by atoms with E-state index in [-0.39, 0.29) is 11.0 Å². The van der Waals surface area contributed by atoms with Crippen molar-refractivity contribution in [2.45, 2.75) is 26.2 Å². The topological polar surface area (TPSA) is 56.5 Å². The van der Waals surface area contributed by atoms with Gasteiger partial charge in [-0.3, -0.25) is 0 Å². The number of rotatable bonds is 1. The van der Waals surface area contributed by atoms with Crippen LogP contribution in [-0.4, -0.2) is 27.9 Å². The summed E-state index contributed by atoms with van der Waals surface area (Å²) in [7, 11) is 1.34. The number of carbonyl (C=O) groups is 1. The van der Waals surface area contributed by atoms with Gasteiger partial charge in [-0.05, 0) is 0 Å². The van der Waals surface area contributed by atoms with Gasteiger partial charge in [0.1, 0.15) is 0 Å². The van der Waals surface area contributed by atoms with E-state index in [2.05, 4.69) is 0 Å². The average molecular weight is 313 g/mol. The summed E-state index contributed by atoms with van der Waals surface area (Å²) in [5, 5.41) is 0.503. The third-order valence-electron chi connectivity index (χ3n) is 2.78. The zero-order valence-electron chi connectivity index (χ0n) is 10.7. The van der Waals surface area contributed by atoms with Gasteiger partial charge in [0, 0.05) is 0 Å². The molecule has 1 heterocycles. The first kappa shape index (κ1) is 13.1. The summed E-state index contributed by atoms with van der Waals surface area (Å²) < 4.78 is 10.5. The summed E-state index contributed by atoms with van der Waals surface area (Å²) in [6.07, 6.45) is 0. The predicted octanol–water partition coefficient (Wildman–Crippen LogP) is 1.93. The Hall–Kier alpha value is -1.32. The standard InChI is InChI=1S/C13H14O4Se/c1-13(2,3)7-5-8(11(14)16-4)10-9(6-7)12(15)17-18-10/h5-6H,1-4H3. The average Bonchev–Trinajstić information content (AvgIpc) is 2.68. The minimum atomic E-state index is -0.438. The molecule has 0 saturated carbocycles. The van der Waals surface area contributed by atoms with Gasteiger partial charge in [-0.2, -0.15) is 0 Å². The van der Waals surface area contributed by atoms with E-state index in [0.29, 0.717) is 15.2 Å². The van der Waals surface area contributed by atoms with E-state index in [1.807, 2.05) is 26.8 Å². The summed E-state index contributed by atoms with van der Waals surface area (Å²) >= 11 is -0.438. The molecule has 1 aromatic carbocycles. The van der Waals surface area contributed by atoms with E-state index < -0.39 is 20.8 Å². The molecule has 5 heteroatoms. The van der Waals surface area contributed by atoms with Gasteiger partial charge in [0.05, 0.1) is 0 Å². The van der Waals surface area contributed by atoms with E-state index in [4.69, 9.17) is 8.22 Å². The quantitative estimate of drug-likeness (QED) is 0.596. The molecule has 0 aliphatic rings. The van der Waals surface area contributed by atoms with Crippen LogP contribution in [0.25, 0.3) is 9.65 Å². The second kappa shape index (κ2) is 4.41. The van der Waals surface area contributed by atoms with Crippen molar-refractivity contribution in [3.05, 3.63) is 33.7 Å². The zero-order chi connectivity index (χ0) is 13.5. The van der Waals surface area contributed by atoms with Crippen molar-refractivity contribution >= 4 is 30.5 Å². The Bertz CT molecular complexity index is 658. The molecule has 0 N–H and O–H groups in total. The van der Waals surface area contributed by atoms with Crippen molar-refractivity contribution in [1.29, 1.82) is 0 Å². The van der Waals surface area contributed by atoms with Crippen LogP contribution in [0.15, 0.2) is 20.4 Å². The molecule has 0 fully saturated rings. The van der Waals surface area contributed by atoms with Crippen LogP contribution in [0.1, 0.15) is 36.7 Å². The van der Waals surface area contributed by atoms with E-state index in [9.17, 15) is 9.59 Å². The molecule has 0 aliphatic heterocycles. The number of hydrogen-bond acceptors (Lipinski definition) is 4. The number of hydrogen-bond donors (Lipinski definition) is 0. The number of esters is 1. The first-order chi connectivity index (χ1) is 8.34. The molecule has 2 rings (SSSR count). The van der Waals surface area contributed by atoms with Crippen molar-refractivity contribution < 1.29 is 13.0 Å². The van der Waals surface area contributed by atoms with Crippen LogP contribution in [0, 0.1) is 0 Å². The second-order valence-corrected chi connectivity index (χ2v) is 6.65. The van der Waals surface area contributed by atoms with Crippen LogP contribution in [0.3, 0.4) is 0 Å². The SMILES string of the molecule is COC(=O)c1cc(C(C)(C)C)cc2c(=O)o[se]c12. The Balaban J connectivity index is 2.83. The summed E-state index contributed by atoms with van der Waals surface area (Å²) in [6.45, 7) is 6.09. The molecule has 4 nitrogen and oxygen atoms in total. The Kier molecular flexibility index (Phi) is 3.21. The normalized spacial score (nSPS) is 11.8. The molecule has 2 aromatic rings. The number of ether oxygens (including phenoxy) is 1. The number of fused-ring (bicyclic) bond motifs is 1. The Morgan fingerprint density at radius 2 is 2.00 bits per heavy atom. The molecule has 0 bridgehead atoms. The van der Waals surface area contributed by atoms with Crippen LogP contribution < -0.4 is 5.63 Å². The zero-order valence-corrected chi connectivity index (χ0v) is 12.4. The summed E-state index contributed by atoms with van der Waals surface area (Å²) in [4.78, 5) is 23.4. The number of methoxy groups -OCH3 is 1. The molecule has 0 saturated heterocycles. The first-order valence-electron chi connectivity index (χ1n) is 5.50. The van der Waals surface area contributed by atoms with Gasteiger partial charge in [0.25, 0.3) is 0 Å². The summed E-state index contributed by atoms with van der Waals surface area (Å²) in [6, 6.07) is 3.62. The van der Waals surface area contributed by atoms with Crippen molar-refractivity contribution in [1.82, 2.24) is 0 Å². The van der Waals surface area contributed by atoms with Gasteiger partial charge in [0.2, 0.25) is 0 Å². The minimum absolute atomic E-state index is 0.145. The molecule has 0 spiro atoms. The fourth-order valence-electron chi connectivity index (χ4n) is 1.69. The number of benzene rings is 1. The molecule has 18 heavy (non-hydrogen) atoms. The van der Waals surface area contributed by atoms with Crippen LogP contribution in [0.5, 0.6) is 0 Å². The summed E-state index contributed by atoms with van der Waals surface area (Å²) in [5.74, 6) is -0.419. The van der Waals surface area contributed by atoms with Gasteiger partial charge >= 0.3 is 110 Å². The molecule has 0 unspecified atom stereocenters. The van der Waals surface area contributed by atoms with Crippen LogP contribution in [-0.2, 0) is 10.2 Å². The van der Waals surface area contributed by atoms with E-state index in [1.54, 1.807) is 6.07 Å². The monoisotopic (exact) mass is 314 g/mol. The first-order valence-corrected chi connectivity index (χ1v) is 7.06. The Morgan fingerprint density at radius 1 is 1.33 bits per heavy atom. The van der Waals surface area contributed by atoms with Crippen molar-refractivity contribution in [2.24, 2.45) is 0 Å². The molecule has 0 aliphatic carbocycles. The van der Waals surface area contributed by atoms with Gasteiger partial charge in [0.15, 0.2) is 0 Å². The van der Waals surface area contributed by atoms with E-state index in [0.717, 1.165) is 5.56 Å². The molecule has 0 radical (unpaired) electrons. The fourth-order valence-corrected chi connectivity index (χ4v) is 3.18. The van der Waals surface area contributed by atoms with E-state index in [1.165, 1.54) is 7.11 Å².